The van der Waals surface area contributed by atoms with Gasteiger partial charge in [0.1, 0.15) is 0 Å². The maximum absolute atomic E-state index is 12.8. The molecule has 3 heteroatoms. The first-order valence-corrected chi connectivity index (χ1v) is 8.07. The Kier molecular flexibility index (Phi) is 4.11. The van der Waals surface area contributed by atoms with Crippen LogP contribution in [-0.2, 0) is 0 Å². The molecule has 2 aromatic carbocycles. The first kappa shape index (κ1) is 14.3. The van der Waals surface area contributed by atoms with Gasteiger partial charge in [-0.2, -0.15) is 0 Å². The van der Waals surface area contributed by atoms with E-state index in [1.807, 2.05) is 48.2 Å². The van der Waals surface area contributed by atoms with E-state index in [-0.39, 0.29) is 11.9 Å². The van der Waals surface area contributed by atoms with Crippen LogP contribution in [0.15, 0.2) is 53.0 Å². The van der Waals surface area contributed by atoms with E-state index in [1.54, 1.807) is 0 Å². The van der Waals surface area contributed by atoms with E-state index in [4.69, 9.17) is 0 Å². The first-order chi connectivity index (χ1) is 10.1. The third-order valence-electron chi connectivity index (χ3n) is 3.99. The molecule has 1 aliphatic heterocycles. The quantitative estimate of drug-likeness (QED) is 0.771. The van der Waals surface area contributed by atoms with Gasteiger partial charge in [0, 0.05) is 16.6 Å². The van der Waals surface area contributed by atoms with Crippen molar-refractivity contribution < 1.29 is 4.79 Å². The second-order valence-electron chi connectivity index (χ2n) is 5.58. The number of benzene rings is 2. The molecule has 2 aromatic rings. The van der Waals surface area contributed by atoms with Crippen molar-refractivity contribution in [2.24, 2.45) is 0 Å². The van der Waals surface area contributed by atoms with Crippen molar-refractivity contribution in [3.05, 3.63) is 69.7 Å². The Morgan fingerprint density at radius 2 is 1.95 bits per heavy atom. The molecule has 0 N–H and O–H groups in total. The third-order valence-corrected chi connectivity index (χ3v) is 4.44. The summed E-state index contributed by atoms with van der Waals surface area (Å²) in [5, 5.41) is 0. The van der Waals surface area contributed by atoms with Crippen LogP contribution in [0.4, 0.5) is 0 Å². The topological polar surface area (TPSA) is 20.3 Å². The highest BCUT2D eigenvalue weighted by atomic mass is 79.9. The van der Waals surface area contributed by atoms with Crippen LogP contribution in [0.25, 0.3) is 0 Å². The maximum atomic E-state index is 12.8. The van der Waals surface area contributed by atoms with E-state index in [1.165, 1.54) is 5.56 Å². The van der Waals surface area contributed by atoms with E-state index in [0.717, 1.165) is 35.0 Å². The van der Waals surface area contributed by atoms with E-state index in [9.17, 15) is 4.79 Å². The Labute approximate surface area is 133 Å². The van der Waals surface area contributed by atoms with Gasteiger partial charge in [-0.05, 0) is 49.1 Å². The van der Waals surface area contributed by atoms with E-state index < -0.39 is 0 Å². The van der Waals surface area contributed by atoms with Gasteiger partial charge in [0.2, 0.25) is 0 Å². The minimum Gasteiger partial charge on any atom is -0.332 e. The lowest BCUT2D eigenvalue weighted by molar-refractivity contribution is 0.0735. The summed E-state index contributed by atoms with van der Waals surface area (Å²) in [5.74, 6) is 0.130. The lowest BCUT2D eigenvalue weighted by Gasteiger charge is -2.25. The van der Waals surface area contributed by atoms with Crippen molar-refractivity contribution in [2.45, 2.75) is 25.8 Å². The van der Waals surface area contributed by atoms with Crippen LogP contribution in [0.2, 0.25) is 0 Å². The third kappa shape index (κ3) is 3.03. The van der Waals surface area contributed by atoms with Crippen LogP contribution in [0.5, 0.6) is 0 Å². The van der Waals surface area contributed by atoms with Crippen LogP contribution < -0.4 is 0 Å². The summed E-state index contributed by atoms with van der Waals surface area (Å²) in [4.78, 5) is 14.9. The molecule has 1 saturated heterocycles. The largest absolute Gasteiger partial charge is 0.332 e. The number of carbonyl (C=O) groups excluding carboxylic acids is 1. The molecule has 1 unspecified atom stereocenters. The summed E-state index contributed by atoms with van der Waals surface area (Å²) in [5.41, 5.74) is 3.10. The number of aryl methyl sites for hydroxylation is 1. The number of likely N-dealkylation sites (tertiary alicyclic amines) is 1. The molecule has 0 aromatic heterocycles. The minimum atomic E-state index is 0.130. The van der Waals surface area contributed by atoms with Crippen molar-refractivity contribution in [3.8, 4) is 0 Å². The molecule has 1 aliphatic rings. The van der Waals surface area contributed by atoms with Crippen molar-refractivity contribution in [2.75, 3.05) is 6.54 Å². The zero-order chi connectivity index (χ0) is 14.8. The first-order valence-electron chi connectivity index (χ1n) is 7.28. The van der Waals surface area contributed by atoms with Crippen molar-refractivity contribution in [1.82, 2.24) is 4.90 Å². The normalized spacial score (nSPS) is 18.0. The fraction of sp³-hybridized carbons (Fsp3) is 0.278. The molecule has 1 atom stereocenters. The van der Waals surface area contributed by atoms with Crippen LogP contribution >= 0.6 is 15.9 Å². The number of halogens is 1. The van der Waals surface area contributed by atoms with Gasteiger partial charge >= 0.3 is 0 Å². The van der Waals surface area contributed by atoms with Gasteiger partial charge in [-0.25, -0.2) is 0 Å². The Balaban J connectivity index is 1.90. The predicted molar refractivity (Wildman–Crippen MR) is 88.3 cm³/mol. The number of rotatable bonds is 2. The highest BCUT2D eigenvalue weighted by Gasteiger charge is 2.30. The van der Waals surface area contributed by atoms with Crippen molar-refractivity contribution >= 4 is 21.8 Å². The van der Waals surface area contributed by atoms with E-state index in [0.29, 0.717) is 0 Å². The second-order valence-corrected chi connectivity index (χ2v) is 6.50. The molecule has 21 heavy (non-hydrogen) atoms. The summed E-state index contributed by atoms with van der Waals surface area (Å²) < 4.78 is 0.960. The molecule has 1 amide bonds. The number of hydrogen-bond acceptors (Lipinski definition) is 1. The maximum Gasteiger partial charge on any atom is 0.254 e. The summed E-state index contributed by atoms with van der Waals surface area (Å²) in [7, 11) is 0. The fourth-order valence-corrected chi connectivity index (χ4v) is 3.66. The zero-order valence-corrected chi connectivity index (χ0v) is 13.6. The molecule has 0 bridgehead atoms. The Morgan fingerprint density at radius 1 is 1.19 bits per heavy atom. The smallest absolute Gasteiger partial charge is 0.254 e. The molecular formula is C18H18BrNO. The highest BCUT2D eigenvalue weighted by Crippen LogP contribution is 2.33. The minimum absolute atomic E-state index is 0.130. The Hall–Kier alpha value is -1.61. The van der Waals surface area contributed by atoms with Crippen LogP contribution in [0.1, 0.15) is 40.4 Å². The lowest BCUT2D eigenvalue weighted by Crippen LogP contribution is -2.30. The second kappa shape index (κ2) is 6.02. The summed E-state index contributed by atoms with van der Waals surface area (Å²) in [6, 6.07) is 16.4. The fourth-order valence-electron chi connectivity index (χ4n) is 3.06. The van der Waals surface area contributed by atoms with Gasteiger partial charge in [-0.1, -0.05) is 46.3 Å². The number of carbonyl (C=O) groups is 1. The summed E-state index contributed by atoms with van der Waals surface area (Å²) in [6.07, 6.45) is 2.11. The standard InChI is InChI=1S/C18H18BrNO/c1-13-10-15(12-16(19)11-13)18(21)20-9-5-8-17(20)14-6-3-2-4-7-14/h2-4,6-7,10-12,17H,5,8-9H2,1H3. The molecule has 1 fully saturated rings. The highest BCUT2D eigenvalue weighted by molar-refractivity contribution is 9.10. The summed E-state index contributed by atoms with van der Waals surface area (Å²) >= 11 is 3.48. The van der Waals surface area contributed by atoms with Gasteiger partial charge in [0.25, 0.3) is 5.91 Å². The molecule has 108 valence electrons. The molecule has 0 saturated carbocycles. The summed E-state index contributed by atoms with van der Waals surface area (Å²) in [6.45, 7) is 2.85. The molecule has 1 heterocycles. The average Bonchev–Trinajstić information content (AvgIpc) is 2.95. The van der Waals surface area contributed by atoms with Gasteiger partial charge in [0.15, 0.2) is 0 Å². The van der Waals surface area contributed by atoms with E-state index in [2.05, 4.69) is 28.1 Å². The van der Waals surface area contributed by atoms with Crippen molar-refractivity contribution in [1.29, 1.82) is 0 Å². The van der Waals surface area contributed by atoms with Crippen LogP contribution in [-0.4, -0.2) is 17.4 Å². The van der Waals surface area contributed by atoms with Gasteiger partial charge in [0.05, 0.1) is 6.04 Å². The Bertz CT molecular complexity index is 633. The van der Waals surface area contributed by atoms with Gasteiger partial charge in [-0.3, -0.25) is 4.79 Å². The molecule has 3 rings (SSSR count). The number of nitrogens with zero attached hydrogens (tertiary/aromatic N) is 1. The monoisotopic (exact) mass is 343 g/mol. The number of hydrogen-bond donors (Lipinski definition) is 0. The predicted octanol–water partition coefficient (Wildman–Crippen LogP) is 4.73. The molecule has 0 radical (unpaired) electrons. The van der Waals surface area contributed by atoms with Gasteiger partial charge < -0.3 is 4.90 Å². The SMILES string of the molecule is Cc1cc(Br)cc(C(=O)N2CCCC2c2ccccc2)c1. The van der Waals surface area contributed by atoms with Gasteiger partial charge in [-0.15, -0.1) is 0 Å². The molecule has 2 nitrogen and oxygen atoms in total. The molecule has 0 aliphatic carbocycles. The van der Waals surface area contributed by atoms with E-state index >= 15 is 0 Å². The average molecular weight is 344 g/mol. The Morgan fingerprint density at radius 3 is 2.67 bits per heavy atom. The molecular weight excluding hydrogens is 326 g/mol. The number of amides is 1. The van der Waals surface area contributed by atoms with Crippen LogP contribution in [0, 0.1) is 6.92 Å². The molecule has 0 spiro atoms. The lowest BCUT2D eigenvalue weighted by atomic mass is 10.0. The zero-order valence-electron chi connectivity index (χ0n) is 12.1. The van der Waals surface area contributed by atoms with Crippen molar-refractivity contribution in [3.63, 3.8) is 0 Å². The van der Waals surface area contributed by atoms with Crippen LogP contribution in [0.3, 0.4) is 0 Å².